The van der Waals surface area contributed by atoms with E-state index in [1.807, 2.05) is 24.3 Å². The number of rotatable bonds is 4. The van der Waals surface area contributed by atoms with Gasteiger partial charge in [-0.25, -0.2) is 0 Å². The Hall–Kier alpha value is -0.980. The monoisotopic (exact) mass is 163 g/mol. The van der Waals surface area contributed by atoms with Crippen molar-refractivity contribution >= 4 is 0 Å². The third-order valence-electron chi connectivity index (χ3n) is 1.63. The van der Waals surface area contributed by atoms with Crippen LogP contribution in [-0.2, 0) is 0 Å². The predicted molar refractivity (Wildman–Crippen MR) is 50.2 cm³/mol. The van der Waals surface area contributed by atoms with Crippen molar-refractivity contribution in [2.45, 2.75) is 20.3 Å². The molecule has 0 N–H and O–H groups in total. The molecule has 1 rings (SSSR count). The van der Waals surface area contributed by atoms with Gasteiger partial charge in [0.2, 0.25) is 0 Å². The van der Waals surface area contributed by atoms with E-state index in [0.717, 1.165) is 18.8 Å². The highest BCUT2D eigenvalue weighted by Gasteiger charge is 1.94. The summed E-state index contributed by atoms with van der Waals surface area (Å²) in [6, 6.07) is 10.7. The first kappa shape index (κ1) is 9.11. The van der Waals surface area contributed by atoms with Crippen LogP contribution in [0.1, 0.15) is 20.3 Å². The van der Waals surface area contributed by atoms with Gasteiger partial charge in [0.15, 0.2) is 0 Å². The SMILES string of the molecule is CC(C)CCOc1[c]cccc1. The third kappa shape index (κ3) is 3.42. The Kier molecular flexibility index (Phi) is 3.65. The largest absolute Gasteiger partial charge is 0.493 e. The molecule has 1 aromatic carbocycles. The summed E-state index contributed by atoms with van der Waals surface area (Å²) in [5.74, 6) is 1.55. The van der Waals surface area contributed by atoms with Crippen molar-refractivity contribution in [1.29, 1.82) is 0 Å². The molecule has 0 amide bonds. The highest BCUT2D eigenvalue weighted by molar-refractivity contribution is 5.19. The van der Waals surface area contributed by atoms with Crippen molar-refractivity contribution in [2.75, 3.05) is 6.61 Å². The minimum atomic E-state index is 0.703. The molecule has 0 spiro atoms. The number of para-hydroxylation sites is 1. The average Bonchev–Trinajstić information content (AvgIpc) is 2.05. The van der Waals surface area contributed by atoms with Gasteiger partial charge in [0.25, 0.3) is 0 Å². The van der Waals surface area contributed by atoms with Gasteiger partial charge in [0, 0.05) is 6.07 Å². The van der Waals surface area contributed by atoms with Gasteiger partial charge in [0.1, 0.15) is 5.75 Å². The molecule has 0 heterocycles. The van der Waals surface area contributed by atoms with Crippen molar-refractivity contribution in [3.05, 3.63) is 30.3 Å². The maximum Gasteiger partial charge on any atom is 0.127 e. The van der Waals surface area contributed by atoms with Crippen LogP contribution >= 0.6 is 0 Å². The fraction of sp³-hybridized carbons (Fsp3) is 0.455. The molecule has 65 valence electrons. The molecule has 0 aliphatic rings. The van der Waals surface area contributed by atoms with E-state index in [0.29, 0.717) is 5.92 Å². The van der Waals surface area contributed by atoms with E-state index in [4.69, 9.17) is 4.74 Å². The Balaban J connectivity index is 2.25. The second-order valence-corrected chi connectivity index (χ2v) is 3.26. The molecule has 1 heteroatoms. The molecule has 1 aromatic rings. The summed E-state index contributed by atoms with van der Waals surface area (Å²) in [6.07, 6.45) is 1.10. The maximum absolute atomic E-state index is 5.46. The lowest BCUT2D eigenvalue weighted by Crippen LogP contribution is -2.00. The van der Waals surface area contributed by atoms with Crippen LogP contribution in [0.25, 0.3) is 0 Å². The number of ether oxygens (including phenoxy) is 1. The molecule has 1 radical (unpaired) electrons. The average molecular weight is 163 g/mol. The molecule has 0 aliphatic heterocycles. The van der Waals surface area contributed by atoms with Crippen LogP contribution < -0.4 is 4.74 Å². The molecule has 1 nitrogen and oxygen atoms in total. The van der Waals surface area contributed by atoms with Crippen LogP contribution in [0.3, 0.4) is 0 Å². The highest BCUT2D eigenvalue weighted by atomic mass is 16.5. The summed E-state index contributed by atoms with van der Waals surface area (Å²) in [7, 11) is 0. The molecule has 0 atom stereocenters. The zero-order valence-corrected chi connectivity index (χ0v) is 7.71. The van der Waals surface area contributed by atoms with Crippen LogP contribution in [0.2, 0.25) is 0 Å². The lowest BCUT2D eigenvalue weighted by Gasteiger charge is -2.06. The quantitative estimate of drug-likeness (QED) is 0.663. The van der Waals surface area contributed by atoms with Gasteiger partial charge in [-0.05, 0) is 18.4 Å². The van der Waals surface area contributed by atoms with Crippen molar-refractivity contribution in [3.8, 4) is 5.75 Å². The van der Waals surface area contributed by atoms with Gasteiger partial charge >= 0.3 is 0 Å². The van der Waals surface area contributed by atoms with E-state index in [2.05, 4.69) is 19.9 Å². The third-order valence-corrected chi connectivity index (χ3v) is 1.63. The van der Waals surface area contributed by atoms with E-state index in [-0.39, 0.29) is 0 Å². The first-order valence-corrected chi connectivity index (χ1v) is 4.38. The lowest BCUT2D eigenvalue weighted by atomic mass is 10.1. The smallest absolute Gasteiger partial charge is 0.127 e. The molecule has 0 aliphatic carbocycles. The molecule has 0 unspecified atom stereocenters. The topological polar surface area (TPSA) is 9.23 Å². The van der Waals surface area contributed by atoms with Crippen LogP contribution in [-0.4, -0.2) is 6.61 Å². The van der Waals surface area contributed by atoms with Crippen molar-refractivity contribution < 1.29 is 4.74 Å². The highest BCUT2D eigenvalue weighted by Crippen LogP contribution is 2.08. The zero-order valence-electron chi connectivity index (χ0n) is 7.71. The molecule has 12 heavy (non-hydrogen) atoms. The van der Waals surface area contributed by atoms with E-state index in [9.17, 15) is 0 Å². The van der Waals surface area contributed by atoms with Gasteiger partial charge in [-0.15, -0.1) is 0 Å². The normalized spacial score (nSPS) is 10.2. The van der Waals surface area contributed by atoms with E-state index < -0.39 is 0 Å². The molecule has 0 saturated carbocycles. The van der Waals surface area contributed by atoms with Crippen molar-refractivity contribution in [1.82, 2.24) is 0 Å². The van der Waals surface area contributed by atoms with Crippen molar-refractivity contribution in [2.24, 2.45) is 5.92 Å². The summed E-state index contributed by atoms with van der Waals surface area (Å²) in [4.78, 5) is 0. The fourth-order valence-electron chi connectivity index (χ4n) is 0.871. The summed E-state index contributed by atoms with van der Waals surface area (Å²) >= 11 is 0. The second-order valence-electron chi connectivity index (χ2n) is 3.26. The molecule has 0 bridgehead atoms. The minimum Gasteiger partial charge on any atom is -0.493 e. The molecule has 0 aromatic heterocycles. The Bertz CT molecular complexity index is 204. The maximum atomic E-state index is 5.46. The van der Waals surface area contributed by atoms with Crippen LogP contribution in [0.4, 0.5) is 0 Å². The first-order valence-electron chi connectivity index (χ1n) is 4.38. The van der Waals surface area contributed by atoms with Crippen molar-refractivity contribution in [3.63, 3.8) is 0 Å². The number of hydrogen-bond donors (Lipinski definition) is 0. The minimum absolute atomic E-state index is 0.703. The Morgan fingerprint density at radius 1 is 1.42 bits per heavy atom. The predicted octanol–water partition coefficient (Wildman–Crippen LogP) is 2.91. The van der Waals surface area contributed by atoms with Gasteiger partial charge < -0.3 is 4.74 Å². The first-order chi connectivity index (χ1) is 5.79. The second kappa shape index (κ2) is 4.81. The molecular weight excluding hydrogens is 148 g/mol. The summed E-state index contributed by atoms with van der Waals surface area (Å²) in [5, 5.41) is 0. The van der Waals surface area contributed by atoms with Crippen LogP contribution in [0.5, 0.6) is 5.75 Å². The lowest BCUT2D eigenvalue weighted by molar-refractivity contribution is 0.289. The van der Waals surface area contributed by atoms with Gasteiger partial charge in [-0.3, -0.25) is 0 Å². The van der Waals surface area contributed by atoms with E-state index in [1.165, 1.54) is 0 Å². The Labute approximate surface area is 74.4 Å². The number of benzene rings is 1. The summed E-state index contributed by atoms with van der Waals surface area (Å²) < 4.78 is 5.46. The van der Waals surface area contributed by atoms with Gasteiger partial charge in [-0.2, -0.15) is 0 Å². The Morgan fingerprint density at radius 3 is 2.83 bits per heavy atom. The molecule has 0 saturated heterocycles. The van der Waals surface area contributed by atoms with E-state index >= 15 is 0 Å². The fourth-order valence-corrected chi connectivity index (χ4v) is 0.871. The number of hydrogen-bond acceptors (Lipinski definition) is 1. The van der Waals surface area contributed by atoms with Crippen LogP contribution in [0, 0.1) is 12.0 Å². The standard InChI is InChI=1S/C11H15O/c1-10(2)8-9-12-11-6-4-3-5-7-11/h3-6,10H,8-9H2,1-2H3. The van der Waals surface area contributed by atoms with Gasteiger partial charge in [-0.1, -0.05) is 32.0 Å². The molecule has 0 fully saturated rings. The summed E-state index contributed by atoms with van der Waals surface area (Å²) in [6.45, 7) is 5.17. The van der Waals surface area contributed by atoms with Crippen LogP contribution in [0.15, 0.2) is 24.3 Å². The summed E-state index contributed by atoms with van der Waals surface area (Å²) in [5.41, 5.74) is 0. The van der Waals surface area contributed by atoms with E-state index in [1.54, 1.807) is 0 Å². The van der Waals surface area contributed by atoms with Gasteiger partial charge in [0.05, 0.1) is 6.61 Å². The Morgan fingerprint density at radius 2 is 2.25 bits per heavy atom. The zero-order chi connectivity index (χ0) is 8.81. The molecular formula is C11H15O.